The first-order valence-electron chi connectivity index (χ1n) is 11.0. The fraction of sp³-hybridized carbons (Fsp3) is 0.259. The molecule has 176 valence electrons. The van der Waals surface area contributed by atoms with Crippen molar-refractivity contribution in [2.24, 2.45) is 5.92 Å². The largest absolute Gasteiger partial charge is 0.507 e. The maximum Gasteiger partial charge on any atom is 0.300 e. The molecule has 0 radical (unpaired) electrons. The number of hydrogen-bond acceptors (Lipinski definition) is 5. The van der Waals surface area contributed by atoms with Gasteiger partial charge in [0, 0.05) is 21.2 Å². The van der Waals surface area contributed by atoms with E-state index in [2.05, 4.69) is 13.8 Å². The molecule has 0 bridgehead atoms. The van der Waals surface area contributed by atoms with Gasteiger partial charge >= 0.3 is 0 Å². The van der Waals surface area contributed by atoms with Crippen molar-refractivity contribution < 1.29 is 19.4 Å². The first kappa shape index (κ1) is 24.0. The second kappa shape index (κ2) is 9.65. The van der Waals surface area contributed by atoms with E-state index in [0.717, 1.165) is 21.8 Å². The van der Waals surface area contributed by atoms with Gasteiger partial charge in [-0.1, -0.05) is 31.5 Å². The van der Waals surface area contributed by atoms with Gasteiger partial charge in [0.1, 0.15) is 17.6 Å². The van der Waals surface area contributed by atoms with Crippen molar-refractivity contribution in [1.82, 2.24) is 0 Å². The third-order valence-electron chi connectivity index (χ3n) is 5.70. The third-order valence-corrected chi connectivity index (χ3v) is 7.01. The predicted molar refractivity (Wildman–Crippen MR) is 137 cm³/mol. The van der Waals surface area contributed by atoms with Gasteiger partial charge < -0.3 is 9.84 Å². The van der Waals surface area contributed by atoms with Crippen LogP contribution in [0.25, 0.3) is 5.76 Å². The van der Waals surface area contributed by atoms with Crippen molar-refractivity contribution in [1.29, 1.82) is 0 Å². The van der Waals surface area contributed by atoms with Gasteiger partial charge in [-0.15, -0.1) is 11.3 Å². The highest BCUT2D eigenvalue weighted by molar-refractivity contribution is 7.10. The number of amides is 1. The van der Waals surface area contributed by atoms with E-state index in [-0.39, 0.29) is 11.3 Å². The van der Waals surface area contributed by atoms with Crippen LogP contribution in [-0.4, -0.2) is 23.4 Å². The number of benzene rings is 2. The summed E-state index contributed by atoms with van der Waals surface area (Å²) in [7, 11) is 0. The van der Waals surface area contributed by atoms with Crippen LogP contribution in [0.4, 0.5) is 5.69 Å². The average molecular weight is 496 g/mol. The minimum absolute atomic E-state index is 0.0609. The number of halogens is 1. The SMILES string of the molecule is Cc1cc(/C(O)=C2/C(=O)C(=O)N(c3cccc(Cl)c3)C2c2sccc2C)ccc1OCC(C)C. The number of nitrogens with zero attached hydrogens (tertiary/aromatic N) is 1. The number of thiophene rings is 1. The Bertz CT molecular complexity index is 1290. The highest BCUT2D eigenvalue weighted by Crippen LogP contribution is 2.45. The van der Waals surface area contributed by atoms with Crippen LogP contribution in [0.5, 0.6) is 5.75 Å². The van der Waals surface area contributed by atoms with Crippen LogP contribution in [0, 0.1) is 19.8 Å². The molecule has 1 aliphatic heterocycles. The monoisotopic (exact) mass is 495 g/mol. The summed E-state index contributed by atoms with van der Waals surface area (Å²) >= 11 is 7.63. The molecule has 1 aromatic heterocycles. The van der Waals surface area contributed by atoms with E-state index in [4.69, 9.17) is 16.3 Å². The number of ether oxygens (including phenoxy) is 1. The fourth-order valence-corrected chi connectivity index (χ4v) is 5.22. The Morgan fingerprint density at radius 2 is 1.88 bits per heavy atom. The summed E-state index contributed by atoms with van der Waals surface area (Å²) in [6, 6.07) is 13.3. The summed E-state index contributed by atoms with van der Waals surface area (Å²) in [6.45, 7) is 8.53. The zero-order valence-electron chi connectivity index (χ0n) is 19.5. The summed E-state index contributed by atoms with van der Waals surface area (Å²) in [5.41, 5.74) is 2.78. The molecule has 0 saturated carbocycles. The molecular weight excluding hydrogens is 470 g/mol. The van der Waals surface area contributed by atoms with E-state index >= 15 is 0 Å². The molecule has 2 heterocycles. The van der Waals surface area contributed by atoms with Crippen LogP contribution in [0.2, 0.25) is 5.02 Å². The molecule has 2 aromatic carbocycles. The summed E-state index contributed by atoms with van der Waals surface area (Å²) in [5.74, 6) is -0.540. The molecule has 4 rings (SSSR count). The Labute approximate surface area is 208 Å². The van der Waals surface area contributed by atoms with Crippen LogP contribution in [0.3, 0.4) is 0 Å². The van der Waals surface area contributed by atoms with E-state index < -0.39 is 17.7 Å². The van der Waals surface area contributed by atoms with Crippen molar-refractivity contribution in [3.8, 4) is 5.75 Å². The molecule has 1 saturated heterocycles. The highest BCUT2D eigenvalue weighted by atomic mass is 35.5. The molecule has 5 nitrogen and oxygen atoms in total. The molecule has 1 atom stereocenters. The van der Waals surface area contributed by atoms with Gasteiger partial charge in [0.15, 0.2) is 0 Å². The number of ketones is 1. The Kier molecular flexibility index (Phi) is 6.82. The summed E-state index contributed by atoms with van der Waals surface area (Å²) in [4.78, 5) is 28.7. The lowest BCUT2D eigenvalue weighted by atomic mass is 9.97. The van der Waals surface area contributed by atoms with Gasteiger partial charge in [0.05, 0.1) is 12.2 Å². The van der Waals surface area contributed by atoms with Crippen LogP contribution in [0.15, 0.2) is 59.5 Å². The molecule has 1 fully saturated rings. The number of carbonyl (C=O) groups is 2. The molecule has 1 aliphatic rings. The van der Waals surface area contributed by atoms with Crippen molar-refractivity contribution in [3.63, 3.8) is 0 Å². The van der Waals surface area contributed by atoms with Crippen LogP contribution in [-0.2, 0) is 9.59 Å². The lowest BCUT2D eigenvalue weighted by molar-refractivity contribution is -0.132. The number of aliphatic hydroxyl groups is 1. The molecular formula is C27H26ClNO4S. The topological polar surface area (TPSA) is 66.8 Å². The zero-order valence-corrected chi connectivity index (χ0v) is 21.0. The number of anilines is 1. The van der Waals surface area contributed by atoms with E-state index in [1.807, 2.05) is 25.3 Å². The Morgan fingerprint density at radius 1 is 1.12 bits per heavy atom. The van der Waals surface area contributed by atoms with E-state index in [1.165, 1.54) is 16.2 Å². The number of aryl methyl sites for hydroxylation is 2. The van der Waals surface area contributed by atoms with Gasteiger partial charge in [0.2, 0.25) is 0 Å². The van der Waals surface area contributed by atoms with Gasteiger partial charge in [-0.25, -0.2) is 0 Å². The van der Waals surface area contributed by atoms with E-state index in [9.17, 15) is 14.7 Å². The zero-order chi connectivity index (χ0) is 24.6. The molecule has 0 aliphatic carbocycles. The normalized spacial score (nSPS) is 17.6. The summed E-state index contributed by atoms with van der Waals surface area (Å²) in [5, 5.41) is 13.7. The van der Waals surface area contributed by atoms with Crippen molar-refractivity contribution in [2.75, 3.05) is 11.5 Å². The van der Waals surface area contributed by atoms with Crippen molar-refractivity contribution in [2.45, 2.75) is 33.7 Å². The summed E-state index contributed by atoms with van der Waals surface area (Å²) < 4.78 is 5.84. The smallest absolute Gasteiger partial charge is 0.300 e. The van der Waals surface area contributed by atoms with Gasteiger partial charge in [-0.2, -0.15) is 0 Å². The molecule has 1 N–H and O–H groups in total. The van der Waals surface area contributed by atoms with Crippen molar-refractivity contribution >= 4 is 46.1 Å². The van der Waals surface area contributed by atoms with Crippen LogP contribution in [0.1, 0.15) is 41.5 Å². The Morgan fingerprint density at radius 3 is 2.50 bits per heavy atom. The van der Waals surface area contributed by atoms with Gasteiger partial charge in [0.25, 0.3) is 11.7 Å². The first-order valence-corrected chi connectivity index (χ1v) is 12.3. The number of aliphatic hydroxyl groups excluding tert-OH is 1. The molecule has 1 amide bonds. The second-order valence-corrected chi connectivity index (χ2v) is 10.2. The molecule has 1 unspecified atom stereocenters. The molecule has 0 spiro atoms. The number of carbonyl (C=O) groups excluding carboxylic acids is 2. The van der Waals surface area contributed by atoms with E-state index in [1.54, 1.807) is 42.5 Å². The standard InChI is InChI=1S/C27H26ClNO4S/c1-15(2)14-33-21-9-8-18(12-17(21)4)24(30)22-23(26-16(3)10-11-34-26)29(27(32)25(22)31)20-7-5-6-19(28)13-20/h5-13,15,23,30H,14H2,1-4H3/b24-22-. The number of rotatable bonds is 6. The quantitative estimate of drug-likeness (QED) is 0.235. The number of hydrogen-bond donors (Lipinski definition) is 1. The molecule has 7 heteroatoms. The maximum atomic E-state index is 13.3. The van der Waals surface area contributed by atoms with Gasteiger partial charge in [-0.05, 0) is 78.7 Å². The molecule has 3 aromatic rings. The number of Topliss-reactive ketones (excluding diaryl/α,β-unsaturated/α-hetero) is 1. The minimum atomic E-state index is -0.754. The minimum Gasteiger partial charge on any atom is -0.507 e. The van der Waals surface area contributed by atoms with Gasteiger partial charge in [-0.3, -0.25) is 14.5 Å². The van der Waals surface area contributed by atoms with Crippen molar-refractivity contribution in [3.05, 3.63) is 86.1 Å². The lowest BCUT2D eigenvalue weighted by Crippen LogP contribution is -2.29. The van der Waals surface area contributed by atoms with Crippen LogP contribution < -0.4 is 9.64 Å². The highest BCUT2D eigenvalue weighted by Gasteiger charge is 2.48. The fourth-order valence-electron chi connectivity index (χ4n) is 4.01. The lowest BCUT2D eigenvalue weighted by Gasteiger charge is -2.25. The molecule has 34 heavy (non-hydrogen) atoms. The van der Waals surface area contributed by atoms with E-state index in [0.29, 0.717) is 28.8 Å². The average Bonchev–Trinajstić information content (AvgIpc) is 3.32. The summed E-state index contributed by atoms with van der Waals surface area (Å²) in [6.07, 6.45) is 0. The Hall–Kier alpha value is -3.09. The predicted octanol–water partition coefficient (Wildman–Crippen LogP) is 6.68. The maximum absolute atomic E-state index is 13.3. The van der Waals surface area contributed by atoms with Crippen LogP contribution >= 0.6 is 22.9 Å². The third kappa shape index (κ3) is 4.48. The second-order valence-electron chi connectivity index (χ2n) is 8.80. The Balaban J connectivity index is 1.85. The first-order chi connectivity index (χ1) is 16.2.